The van der Waals surface area contributed by atoms with E-state index in [-0.39, 0.29) is 31.4 Å². The standard InChI is InChI=1S/C21H33N3O2.2CH2O2/c1-22(2)20-10-9-17(16-25)12-24(15-20)21(26)8-5-11-23-13-18-6-3-4-7-19(18)14-23;2*2-1-3/h3-4,6-7,17,20,25H,5,8-16H2,1-2H3;2*1H,(H,2,3)/t17-,20+;;/m0../s1. The molecular weight excluding hydrogens is 414 g/mol. The lowest BCUT2D eigenvalue weighted by Gasteiger charge is -2.29. The molecule has 0 radical (unpaired) electrons. The molecule has 0 spiro atoms. The van der Waals surface area contributed by atoms with E-state index in [2.05, 4.69) is 48.2 Å². The number of hydrogen-bond donors (Lipinski definition) is 3. The fraction of sp³-hybridized carbons (Fsp3) is 0.609. The fourth-order valence-electron chi connectivity index (χ4n) is 4.20. The highest BCUT2D eigenvalue weighted by molar-refractivity contribution is 5.76. The second kappa shape index (κ2) is 15.3. The molecule has 9 nitrogen and oxygen atoms in total. The van der Waals surface area contributed by atoms with Crippen LogP contribution in [0.4, 0.5) is 0 Å². The number of likely N-dealkylation sites (tertiary alicyclic amines) is 1. The van der Waals surface area contributed by atoms with Crippen molar-refractivity contribution in [3.05, 3.63) is 35.4 Å². The number of carbonyl (C=O) groups is 3. The number of carbonyl (C=O) groups excluding carboxylic acids is 1. The number of rotatable bonds is 6. The maximum absolute atomic E-state index is 12.8. The van der Waals surface area contributed by atoms with Crippen LogP contribution < -0.4 is 0 Å². The average molecular weight is 452 g/mol. The number of amides is 1. The lowest BCUT2D eigenvalue weighted by molar-refractivity contribution is -0.132. The molecule has 2 atom stereocenters. The number of nitrogens with zero attached hydrogens (tertiary/aromatic N) is 3. The molecule has 0 unspecified atom stereocenters. The summed E-state index contributed by atoms with van der Waals surface area (Å²) in [5.41, 5.74) is 2.84. The second-order valence-corrected chi connectivity index (χ2v) is 8.34. The van der Waals surface area contributed by atoms with Gasteiger partial charge in [0.05, 0.1) is 0 Å². The van der Waals surface area contributed by atoms with Gasteiger partial charge in [-0.25, -0.2) is 0 Å². The predicted molar refractivity (Wildman–Crippen MR) is 121 cm³/mol. The topological polar surface area (TPSA) is 122 Å². The van der Waals surface area contributed by atoms with Gasteiger partial charge in [-0.05, 0) is 56.9 Å². The third kappa shape index (κ3) is 9.33. The first kappa shape index (κ1) is 27.5. The number of hydrogen-bond acceptors (Lipinski definition) is 6. The van der Waals surface area contributed by atoms with E-state index >= 15 is 0 Å². The van der Waals surface area contributed by atoms with E-state index in [4.69, 9.17) is 19.8 Å². The zero-order chi connectivity index (χ0) is 23.9. The lowest BCUT2D eigenvalue weighted by Crippen LogP contribution is -2.42. The van der Waals surface area contributed by atoms with Crippen molar-refractivity contribution in [1.29, 1.82) is 0 Å². The molecule has 1 aromatic rings. The number of benzene rings is 1. The largest absolute Gasteiger partial charge is 0.483 e. The average Bonchev–Trinajstić information content (AvgIpc) is 3.04. The van der Waals surface area contributed by atoms with Crippen LogP contribution in [0.25, 0.3) is 0 Å². The Morgan fingerprint density at radius 1 is 1.06 bits per heavy atom. The van der Waals surface area contributed by atoms with E-state index in [1.807, 2.05) is 4.90 Å². The molecule has 180 valence electrons. The van der Waals surface area contributed by atoms with Crippen molar-refractivity contribution in [1.82, 2.24) is 14.7 Å². The second-order valence-electron chi connectivity index (χ2n) is 8.34. The molecule has 0 saturated carbocycles. The monoisotopic (exact) mass is 451 g/mol. The van der Waals surface area contributed by atoms with Gasteiger partial charge in [0.1, 0.15) is 0 Å². The normalized spacial score (nSPS) is 20.2. The Morgan fingerprint density at radius 3 is 2.12 bits per heavy atom. The number of carboxylic acid groups (broad SMARTS) is 2. The minimum Gasteiger partial charge on any atom is -0.483 e. The van der Waals surface area contributed by atoms with Crippen LogP contribution in [0.15, 0.2) is 24.3 Å². The zero-order valence-electron chi connectivity index (χ0n) is 19.1. The van der Waals surface area contributed by atoms with Crippen LogP contribution in [0, 0.1) is 5.92 Å². The summed E-state index contributed by atoms with van der Waals surface area (Å²) in [6, 6.07) is 9.00. The molecule has 1 fully saturated rings. The van der Waals surface area contributed by atoms with E-state index in [1.165, 1.54) is 11.1 Å². The number of fused-ring (bicyclic) bond motifs is 1. The Morgan fingerprint density at radius 2 is 1.62 bits per heavy atom. The summed E-state index contributed by atoms with van der Waals surface area (Å²) in [6.07, 6.45) is 3.55. The molecule has 2 aliphatic heterocycles. The van der Waals surface area contributed by atoms with Crippen LogP contribution in [0.2, 0.25) is 0 Å². The van der Waals surface area contributed by atoms with Crippen molar-refractivity contribution in [3.63, 3.8) is 0 Å². The Hall–Kier alpha value is -2.49. The summed E-state index contributed by atoms with van der Waals surface area (Å²) < 4.78 is 0. The van der Waals surface area contributed by atoms with Gasteiger partial charge in [-0.1, -0.05) is 24.3 Å². The van der Waals surface area contributed by atoms with E-state index in [0.717, 1.165) is 45.4 Å². The quantitative estimate of drug-likeness (QED) is 0.554. The highest BCUT2D eigenvalue weighted by Gasteiger charge is 2.27. The molecule has 2 heterocycles. The van der Waals surface area contributed by atoms with Crippen molar-refractivity contribution in [3.8, 4) is 0 Å². The first-order valence-electron chi connectivity index (χ1n) is 10.9. The van der Waals surface area contributed by atoms with Crippen molar-refractivity contribution in [2.24, 2.45) is 5.92 Å². The van der Waals surface area contributed by atoms with Gasteiger partial charge in [0.25, 0.3) is 12.9 Å². The molecular formula is C23H37N3O6. The Bertz CT molecular complexity index is 669. The highest BCUT2D eigenvalue weighted by atomic mass is 16.3. The van der Waals surface area contributed by atoms with Gasteiger partial charge in [-0.3, -0.25) is 19.3 Å². The molecule has 0 aliphatic carbocycles. The highest BCUT2D eigenvalue weighted by Crippen LogP contribution is 2.23. The summed E-state index contributed by atoms with van der Waals surface area (Å²) in [5.74, 6) is 0.464. The van der Waals surface area contributed by atoms with Crippen molar-refractivity contribution < 1.29 is 29.7 Å². The molecule has 1 saturated heterocycles. The van der Waals surface area contributed by atoms with Crippen molar-refractivity contribution >= 4 is 18.9 Å². The van der Waals surface area contributed by atoms with Crippen LogP contribution in [0.1, 0.15) is 36.8 Å². The molecule has 2 aliphatic rings. The molecule has 1 amide bonds. The molecule has 3 N–H and O–H groups in total. The summed E-state index contributed by atoms with van der Waals surface area (Å²) in [6.45, 7) is 4.14. The van der Waals surface area contributed by atoms with E-state index in [0.29, 0.717) is 19.0 Å². The summed E-state index contributed by atoms with van der Waals surface area (Å²) >= 11 is 0. The Labute approximate surface area is 190 Å². The van der Waals surface area contributed by atoms with E-state index < -0.39 is 0 Å². The van der Waals surface area contributed by atoms with Gasteiger partial charge in [-0.2, -0.15) is 0 Å². The van der Waals surface area contributed by atoms with Gasteiger partial charge in [0.2, 0.25) is 5.91 Å². The summed E-state index contributed by atoms with van der Waals surface area (Å²) in [5, 5.41) is 23.4. The Kier molecular flexibility index (Phi) is 13.2. The van der Waals surface area contributed by atoms with Gasteiger partial charge < -0.3 is 25.1 Å². The summed E-state index contributed by atoms with van der Waals surface area (Å²) in [4.78, 5) is 36.1. The number of aliphatic hydroxyl groups excluding tert-OH is 1. The Balaban J connectivity index is 0.000000769. The maximum Gasteiger partial charge on any atom is 0.290 e. The van der Waals surface area contributed by atoms with Crippen LogP contribution in [0.3, 0.4) is 0 Å². The van der Waals surface area contributed by atoms with Crippen LogP contribution in [-0.4, -0.2) is 95.2 Å². The van der Waals surface area contributed by atoms with E-state index in [1.54, 1.807) is 0 Å². The summed E-state index contributed by atoms with van der Waals surface area (Å²) in [7, 11) is 4.16. The number of aliphatic hydroxyl groups is 1. The lowest BCUT2D eigenvalue weighted by atomic mass is 10.0. The predicted octanol–water partition coefficient (Wildman–Crippen LogP) is 1.35. The smallest absolute Gasteiger partial charge is 0.290 e. The van der Waals surface area contributed by atoms with Gasteiger partial charge in [0.15, 0.2) is 0 Å². The third-order valence-electron chi connectivity index (χ3n) is 5.93. The van der Waals surface area contributed by atoms with Crippen molar-refractivity contribution in [2.75, 3.05) is 40.3 Å². The minimum absolute atomic E-state index is 0.177. The van der Waals surface area contributed by atoms with Crippen molar-refractivity contribution in [2.45, 2.75) is 44.8 Å². The fourth-order valence-corrected chi connectivity index (χ4v) is 4.20. The number of likely N-dealkylation sites (N-methyl/N-ethyl adjacent to an activating group) is 1. The van der Waals surface area contributed by atoms with Crippen LogP contribution in [0.5, 0.6) is 0 Å². The van der Waals surface area contributed by atoms with Gasteiger partial charge >= 0.3 is 0 Å². The van der Waals surface area contributed by atoms with Gasteiger partial charge in [0, 0.05) is 45.2 Å². The molecule has 0 aromatic heterocycles. The maximum atomic E-state index is 12.8. The molecule has 9 heteroatoms. The first-order valence-corrected chi connectivity index (χ1v) is 10.9. The third-order valence-corrected chi connectivity index (χ3v) is 5.93. The van der Waals surface area contributed by atoms with E-state index in [9.17, 15) is 9.90 Å². The van der Waals surface area contributed by atoms with Crippen LogP contribution >= 0.6 is 0 Å². The first-order chi connectivity index (χ1) is 15.4. The molecule has 32 heavy (non-hydrogen) atoms. The molecule has 3 rings (SSSR count). The van der Waals surface area contributed by atoms with Gasteiger partial charge in [-0.15, -0.1) is 0 Å². The molecule has 1 aromatic carbocycles. The SMILES string of the molecule is CN(C)[C@@H]1CC[C@H](CO)CN(C(=O)CCCN2Cc3ccccc3C2)C1.O=CO.O=CO. The molecule has 0 bridgehead atoms. The zero-order valence-corrected chi connectivity index (χ0v) is 19.1. The van der Waals surface area contributed by atoms with Crippen LogP contribution in [-0.2, 0) is 27.5 Å². The minimum atomic E-state index is -0.250.